The maximum absolute atomic E-state index is 10.4. The van der Waals surface area contributed by atoms with E-state index in [1.807, 2.05) is 0 Å². The van der Waals surface area contributed by atoms with Crippen molar-refractivity contribution in [3.8, 4) is 0 Å². The first-order chi connectivity index (χ1) is 8.08. The van der Waals surface area contributed by atoms with Crippen molar-refractivity contribution in [3.63, 3.8) is 0 Å². The van der Waals surface area contributed by atoms with E-state index in [0.29, 0.717) is 12.0 Å². The molecule has 17 heavy (non-hydrogen) atoms. The van der Waals surface area contributed by atoms with Crippen molar-refractivity contribution < 1.29 is 5.11 Å². The van der Waals surface area contributed by atoms with Crippen LogP contribution >= 0.6 is 0 Å². The van der Waals surface area contributed by atoms with Crippen LogP contribution in [-0.2, 0) is 0 Å². The van der Waals surface area contributed by atoms with E-state index in [-0.39, 0.29) is 0 Å². The Kier molecular flexibility index (Phi) is 4.11. The molecule has 1 heterocycles. The SMILES string of the molecule is CCC(O)(CC)CN1CC2CCCC(N)C2C1. The first-order valence-corrected chi connectivity index (χ1v) is 7.28. The average molecular weight is 240 g/mol. The summed E-state index contributed by atoms with van der Waals surface area (Å²) in [6, 6.07) is 0.398. The molecule has 0 bridgehead atoms. The summed E-state index contributed by atoms with van der Waals surface area (Å²) in [5, 5.41) is 10.4. The molecule has 0 aromatic carbocycles. The molecule has 100 valence electrons. The summed E-state index contributed by atoms with van der Waals surface area (Å²) < 4.78 is 0. The number of likely N-dealkylation sites (tertiary alicyclic amines) is 1. The number of β-amino-alcohol motifs (C(OH)–C–C–N with tert-alkyl or cyclic N) is 1. The zero-order chi connectivity index (χ0) is 12.5. The summed E-state index contributed by atoms with van der Waals surface area (Å²) in [6.45, 7) is 7.26. The second kappa shape index (κ2) is 5.25. The van der Waals surface area contributed by atoms with Crippen molar-refractivity contribution in [3.05, 3.63) is 0 Å². The van der Waals surface area contributed by atoms with Gasteiger partial charge in [-0.3, -0.25) is 4.90 Å². The van der Waals surface area contributed by atoms with Crippen molar-refractivity contribution in [1.82, 2.24) is 4.90 Å². The summed E-state index contributed by atoms with van der Waals surface area (Å²) in [4.78, 5) is 2.45. The fourth-order valence-electron chi connectivity index (χ4n) is 3.63. The van der Waals surface area contributed by atoms with Crippen LogP contribution in [0.5, 0.6) is 0 Å². The van der Waals surface area contributed by atoms with Gasteiger partial charge in [-0.15, -0.1) is 0 Å². The molecule has 1 saturated heterocycles. The number of nitrogens with two attached hydrogens (primary N) is 1. The summed E-state index contributed by atoms with van der Waals surface area (Å²) in [6.07, 6.45) is 5.52. The molecule has 3 heteroatoms. The number of aliphatic hydroxyl groups is 1. The van der Waals surface area contributed by atoms with Crippen molar-refractivity contribution in [2.45, 2.75) is 57.6 Å². The van der Waals surface area contributed by atoms with E-state index in [0.717, 1.165) is 38.4 Å². The van der Waals surface area contributed by atoms with Gasteiger partial charge in [-0.05, 0) is 37.5 Å². The van der Waals surface area contributed by atoms with Gasteiger partial charge in [0.1, 0.15) is 0 Å². The average Bonchev–Trinajstić information content (AvgIpc) is 2.73. The van der Waals surface area contributed by atoms with Gasteiger partial charge in [0.15, 0.2) is 0 Å². The number of fused-ring (bicyclic) bond motifs is 1. The normalized spacial score (nSPS) is 34.9. The van der Waals surface area contributed by atoms with Crippen LogP contribution in [0.4, 0.5) is 0 Å². The molecule has 0 aromatic rings. The highest BCUT2D eigenvalue weighted by molar-refractivity contribution is 4.95. The molecule has 1 saturated carbocycles. The first kappa shape index (κ1) is 13.3. The van der Waals surface area contributed by atoms with Gasteiger partial charge in [-0.1, -0.05) is 20.3 Å². The Morgan fingerprint density at radius 3 is 2.53 bits per heavy atom. The maximum Gasteiger partial charge on any atom is 0.0768 e. The van der Waals surface area contributed by atoms with Crippen LogP contribution in [0, 0.1) is 11.8 Å². The van der Waals surface area contributed by atoms with Gasteiger partial charge in [0.2, 0.25) is 0 Å². The van der Waals surface area contributed by atoms with Gasteiger partial charge < -0.3 is 10.8 Å². The largest absolute Gasteiger partial charge is 0.389 e. The van der Waals surface area contributed by atoms with E-state index in [1.165, 1.54) is 19.3 Å². The lowest BCUT2D eigenvalue weighted by Gasteiger charge is -2.31. The van der Waals surface area contributed by atoms with E-state index >= 15 is 0 Å². The smallest absolute Gasteiger partial charge is 0.0768 e. The highest BCUT2D eigenvalue weighted by Gasteiger charge is 2.40. The van der Waals surface area contributed by atoms with Crippen LogP contribution in [0.15, 0.2) is 0 Å². The fraction of sp³-hybridized carbons (Fsp3) is 1.00. The van der Waals surface area contributed by atoms with Gasteiger partial charge in [-0.2, -0.15) is 0 Å². The van der Waals surface area contributed by atoms with Crippen molar-refractivity contribution in [2.24, 2.45) is 17.6 Å². The Morgan fingerprint density at radius 1 is 1.24 bits per heavy atom. The molecule has 2 aliphatic rings. The first-order valence-electron chi connectivity index (χ1n) is 7.28. The Balaban J connectivity index is 1.93. The van der Waals surface area contributed by atoms with Crippen LogP contribution in [0.1, 0.15) is 46.0 Å². The molecule has 0 aromatic heterocycles. The quantitative estimate of drug-likeness (QED) is 0.784. The second-order valence-electron chi connectivity index (χ2n) is 6.14. The van der Waals surface area contributed by atoms with Crippen LogP contribution in [0.3, 0.4) is 0 Å². The molecule has 0 amide bonds. The fourth-order valence-corrected chi connectivity index (χ4v) is 3.63. The Bertz CT molecular complexity index is 253. The predicted octanol–water partition coefficient (Wildman–Crippen LogP) is 1.60. The summed E-state index contributed by atoms with van der Waals surface area (Å²) in [7, 11) is 0. The van der Waals surface area contributed by atoms with Gasteiger partial charge in [0, 0.05) is 25.7 Å². The Labute approximate surface area is 105 Å². The molecule has 2 rings (SSSR count). The third kappa shape index (κ3) is 2.83. The Hall–Kier alpha value is -0.120. The zero-order valence-electron chi connectivity index (χ0n) is 11.4. The number of rotatable bonds is 4. The zero-order valence-corrected chi connectivity index (χ0v) is 11.4. The van der Waals surface area contributed by atoms with Gasteiger partial charge in [-0.25, -0.2) is 0 Å². The van der Waals surface area contributed by atoms with Gasteiger partial charge in [0.25, 0.3) is 0 Å². The lowest BCUT2D eigenvalue weighted by atomic mass is 9.78. The summed E-state index contributed by atoms with van der Waals surface area (Å²) >= 11 is 0. The molecule has 3 atom stereocenters. The standard InChI is InChI=1S/C14H28N2O/c1-3-14(17,4-2)10-16-8-11-6-5-7-13(15)12(11)9-16/h11-13,17H,3-10,15H2,1-2H3. The predicted molar refractivity (Wildman–Crippen MR) is 70.8 cm³/mol. The van der Waals surface area contributed by atoms with Gasteiger partial charge >= 0.3 is 0 Å². The molecule has 3 N–H and O–H groups in total. The highest BCUT2D eigenvalue weighted by atomic mass is 16.3. The summed E-state index contributed by atoms with van der Waals surface area (Å²) in [5.41, 5.74) is 5.73. The molecule has 0 radical (unpaired) electrons. The monoisotopic (exact) mass is 240 g/mol. The van der Waals surface area contributed by atoms with Crippen LogP contribution in [0.2, 0.25) is 0 Å². The molecule has 3 unspecified atom stereocenters. The van der Waals surface area contributed by atoms with Crippen LogP contribution in [0.25, 0.3) is 0 Å². The van der Waals surface area contributed by atoms with Crippen molar-refractivity contribution in [1.29, 1.82) is 0 Å². The Morgan fingerprint density at radius 2 is 1.94 bits per heavy atom. The highest BCUT2D eigenvalue weighted by Crippen LogP contribution is 2.36. The minimum atomic E-state index is -0.489. The van der Waals surface area contributed by atoms with E-state index in [2.05, 4.69) is 18.7 Å². The topological polar surface area (TPSA) is 49.5 Å². The number of hydrogen-bond acceptors (Lipinski definition) is 3. The molecule has 2 fully saturated rings. The van der Waals surface area contributed by atoms with E-state index in [1.54, 1.807) is 0 Å². The van der Waals surface area contributed by atoms with Crippen molar-refractivity contribution >= 4 is 0 Å². The second-order valence-corrected chi connectivity index (χ2v) is 6.14. The lowest BCUT2D eigenvalue weighted by molar-refractivity contribution is 0.00103. The van der Waals surface area contributed by atoms with Gasteiger partial charge in [0.05, 0.1) is 5.60 Å². The molecule has 1 aliphatic carbocycles. The molecular formula is C14H28N2O. The van der Waals surface area contributed by atoms with Crippen LogP contribution in [-0.4, -0.2) is 41.3 Å². The third-order valence-corrected chi connectivity index (χ3v) is 5.06. The molecule has 0 spiro atoms. The maximum atomic E-state index is 10.4. The van der Waals surface area contributed by atoms with E-state index in [9.17, 15) is 5.11 Å². The molecule has 1 aliphatic heterocycles. The minimum Gasteiger partial charge on any atom is -0.389 e. The van der Waals surface area contributed by atoms with Crippen molar-refractivity contribution in [2.75, 3.05) is 19.6 Å². The molecule has 3 nitrogen and oxygen atoms in total. The number of nitrogens with zero attached hydrogens (tertiary/aromatic N) is 1. The summed E-state index contributed by atoms with van der Waals surface area (Å²) in [5.74, 6) is 1.47. The lowest BCUT2D eigenvalue weighted by Crippen LogP contribution is -2.42. The minimum absolute atomic E-state index is 0.398. The van der Waals surface area contributed by atoms with Crippen LogP contribution < -0.4 is 5.73 Å². The van der Waals surface area contributed by atoms with E-state index in [4.69, 9.17) is 5.73 Å². The van der Waals surface area contributed by atoms with E-state index < -0.39 is 5.60 Å². The molecular weight excluding hydrogens is 212 g/mol. The number of hydrogen-bond donors (Lipinski definition) is 2. The third-order valence-electron chi connectivity index (χ3n) is 5.06.